The van der Waals surface area contributed by atoms with Gasteiger partial charge in [0.05, 0.1) is 23.9 Å². The smallest absolute Gasteiger partial charge is 0.338 e. The highest BCUT2D eigenvalue weighted by Gasteiger charge is 2.37. The number of likely N-dealkylation sites (N-methyl/N-ethyl adjacent to an activating group) is 1. The van der Waals surface area contributed by atoms with E-state index in [9.17, 15) is 9.59 Å². The summed E-state index contributed by atoms with van der Waals surface area (Å²) in [6.45, 7) is 6.14. The van der Waals surface area contributed by atoms with Crippen LogP contribution in [-0.4, -0.2) is 37.2 Å². The molecule has 7 heteroatoms. The van der Waals surface area contributed by atoms with Crippen LogP contribution in [0.1, 0.15) is 29.7 Å². The van der Waals surface area contributed by atoms with Crippen molar-refractivity contribution in [2.45, 2.75) is 26.8 Å². The fraction of sp³-hybridized carbons (Fsp3) is 0.333. The molecule has 0 unspecified atom stereocenters. The fourth-order valence-electron chi connectivity index (χ4n) is 3.03. The lowest BCUT2D eigenvalue weighted by Gasteiger charge is -2.34. The summed E-state index contributed by atoms with van der Waals surface area (Å²) in [7, 11) is 1.62. The van der Waals surface area contributed by atoms with Gasteiger partial charge in [-0.05, 0) is 66.4 Å². The molecule has 148 valence electrons. The number of rotatable bonds is 6. The van der Waals surface area contributed by atoms with E-state index in [0.29, 0.717) is 17.0 Å². The Kier molecular flexibility index (Phi) is 6.04. The summed E-state index contributed by atoms with van der Waals surface area (Å²) in [4.78, 5) is 26.7. The van der Waals surface area contributed by atoms with E-state index in [0.717, 1.165) is 11.1 Å². The van der Waals surface area contributed by atoms with E-state index in [1.807, 2.05) is 48.9 Å². The number of amides is 2. The van der Waals surface area contributed by atoms with Gasteiger partial charge in [0.15, 0.2) is 0 Å². The quantitative estimate of drug-likeness (QED) is 0.746. The van der Waals surface area contributed by atoms with Crippen molar-refractivity contribution >= 4 is 23.3 Å². The van der Waals surface area contributed by atoms with Crippen LogP contribution in [0.4, 0.5) is 4.79 Å². The molecule has 0 bridgehead atoms. The lowest BCUT2D eigenvalue weighted by Crippen LogP contribution is -2.48. The van der Waals surface area contributed by atoms with Crippen LogP contribution in [0.15, 0.2) is 46.3 Å². The van der Waals surface area contributed by atoms with Crippen LogP contribution in [0.2, 0.25) is 0 Å². The van der Waals surface area contributed by atoms with Gasteiger partial charge >= 0.3 is 12.0 Å². The van der Waals surface area contributed by atoms with Crippen LogP contribution in [0, 0.1) is 13.8 Å². The number of nitrogens with zero attached hydrogens (tertiary/aromatic N) is 1. The first-order valence-corrected chi connectivity index (χ1v) is 10.0. The number of aryl methyl sites for hydroxylation is 2. The van der Waals surface area contributed by atoms with Crippen molar-refractivity contribution in [1.29, 1.82) is 0 Å². The van der Waals surface area contributed by atoms with E-state index in [4.69, 9.17) is 9.47 Å². The van der Waals surface area contributed by atoms with Crippen molar-refractivity contribution in [2.75, 3.05) is 20.3 Å². The summed E-state index contributed by atoms with van der Waals surface area (Å²) in [6.07, 6.45) is 0. The normalized spacial score (nSPS) is 16.8. The Morgan fingerprint density at radius 3 is 2.68 bits per heavy atom. The van der Waals surface area contributed by atoms with Gasteiger partial charge in [0, 0.05) is 7.05 Å². The number of hydrogen-bond acceptors (Lipinski definition) is 5. The number of thiophene rings is 1. The first kappa shape index (κ1) is 19.9. The lowest BCUT2D eigenvalue weighted by molar-refractivity contribution is -0.139. The van der Waals surface area contributed by atoms with Crippen LogP contribution in [-0.2, 0) is 9.53 Å². The first-order chi connectivity index (χ1) is 13.4. The number of carbonyl (C=O) groups excluding carboxylic acids is 2. The van der Waals surface area contributed by atoms with E-state index in [2.05, 4.69) is 5.32 Å². The summed E-state index contributed by atoms with van der Waals surface area (Å²) >= 11 is 1.51. The summed E-state index contributed by atoms with van der Waals surface area (Å²) in [5, 5.41) is 6.71. The zero-order valence-electron chi connectivity index (χ0n) is 16.4. The van der Waals surface area contributed by atoms with Crippen molar-refractivity contribution in [3.05, 3.63) is 63.0 Å². The maximum Gasteiger partial charge on any atom is 0.338 e. The van der Waals surface area contributed by atoms with Gasteiger partial charge in [-0.25, -0.2) is 9.59 Å². The number of ether oxygens (including phenoxy) is 2. The zero-order chi connectivity index (χ0) is 20.3. The molecule has 0 radical (unpaired) electrons. The Morgan fingerprint density at radius 1 is 1.25 bits per heavy atom. The molecule has 1 atom stereocenters. The maximum atomic E-state index is 12.8. The largest absolute Gasteiger partial charge is 0.487 e. The molecule has 0 spiro atoms. The Hall–Kier alpha value is -2.80. The van der Waals surface area contributed by atoms with Crippen LogP contribution in [0.5, 0.6) is 5.75 Å². The summed E-state index contributed by atoms with van der Waals surface area (Å²) in [5.74, 6) is 0.231. The Balaban J connectivity index is 1.98. The molecule has 0 aliphatic carbocycles. The molecule has 0 saturated heterocycles. The molecule has 1 N–H and O–H groups in total. The van der Waals surface area contributed by atoms with Crippen LogP contribution < -0.4 is 10.1 Å². The Labute approximate surface area is 168 Å². The fourth-order valence-corrected chi connectivity index (χ4v) is 3.71. The highest BCUT2D eigenvalue weighted by Crippen LogP contribution is 2.32. The highest BCUT2D eigenvalue weighted by atomic mass is 32.1. The molecule has 28 heavy (non-hydrogen) atoms. The predicted molar refractivity (Wildman–Crippen MR) is 108 cm³/mol. The van der Waals surface area contributed by atoms with Gasteiger partial charge < -0.3 is 14.8 Å². The third-order valence-corrected chi connectivity index (χ3v) is 5.50. The molecule has 1 aliphatic rings. The predicted octanol–water partition coefficient (Wildman–Crippen LogP) is 3.96. The molecule has 1 aromatic carbocycles. The van der Waals surface area contributed by atoms with Crippen LogP contribution in [0.25, 0.3) is 0 Å². The van der Waals surface area contributed by atoms with E-state index in [-0.39, 0.29) is 19.2 Å². The number of urea groups is 1. The summed E-state index contributed by atoms with van der Waals surface area (Å²) in [5.41, 5.74) is 4.02. The van der Waals surface area contributed by atoms with E-state index < -0.39 is 12.0 Å². The molecule has 2 heterocycles. The zero-order valence-corrected chi connectivity index (χ0v) is 17.3. The summed E-state index contributed by atoms with van der Waals surface area (Å²) < 4.78 is 11.2. The van der Waals surface area contributed by atoms with Crippen molar-refractivity contribution in [3.8, 4) is 5.75 Å². The molecule has 6 nitrogen and oxygen atoms in total. The second kappa shape index (κ2) is 8.48. The molecule has 3 rings (SSSR count). The second-order valence-corrected chi connectivity index (χ2v) is 7.39. The van der Waals surface area contributed by atoms with Crippen LogP contribution >= 0.6 is 11.3 Å². The molecular weight excluding hydrogens is 376 g/mol. The van der Waals surface area contributed by atoms with Gasteiger partial charge in [-0.2, -0.15) is 11.3 Å². The monoisotopic (exact) mass is 400 g/mol. The third kappa shape index (κ3) is 4.04. The minimum absolute atomic E-state index is 0.0845. The highest BCUT2D eigenvalue weighted by molar-refractivity contribution is 7.08. The molecule has 0 fully saturated rings. The number of hydrogen-bond donors (Lipinski definition) is 1. The van der Waals surface area contributed by atoms with Gasteiger partial charge in [0.25, 0.3) is 0 Å². The number of esters is 1. The van der Waals surface area contributed by atoms with E-state index in [1.54, 1.807) is 14.0 Å². The van der Waals surface area contributed by atoms with E-state index in [1.165, 1.54) is 21.8 Å². The Bertz CT molecular complexity index is 905. The topological polar surface area (TPSA) is 67.9 Å². The van der Waals surface area contributed by atoms with Gasteiger partial charge in [0.2, 0.25) is 0 Å². The molecular formula is C21H24N2O4S. The van der Waals surface area contributed by atoms with Crippen molar-refractivity contribution in [1.82, 2.24) is 10.2 Å². The third-order valence-electron chi connectivity index (χ3n) is 4.80. The SMILES string of the molecule is CCOC(=O)C1=C(COc2ccc(C)c(C)c2)N(C)C(=O)N[C@H]1c1ccsc1. The second-order valence-electron chi connectivity index (χ2n) is 6.61. The average molecular weight is 401 g/mol. The maximum absolute atomic E-state index is 12.8. The Morgan fingerprint density at radius 2 is 2.04 bits per heavy atom. The lowest BCUT2D eigenvalue weighted by atomic mass is 9.97. The molecule has 1 aromatic heterocycles. The first-order valence-electron chi connectivity index (χ1n) is 9.09. The number of nitrogens with one attached hydrogen (secondary N) is 1. The van der Waals surface area contributed by atoms with Gasteiger partial charge in [-0.3, -0.25) is 4.90 Å². The van der Waals surface area contributed by atoms with Gasteiger partial charge in [-0.1, -0.05) is 6.07 Å². The van der Waals surface area contributed by atoms with Gasteiger partial charge in [0.1, 0.15) is 12.4 Å². The minimum Gasteiger partial charge on any atom is -0.487 e. The minimum atomic E-state index is -0.563. The van der Waals surface area contributed by atoms with Crippen molar-refractivity contribution < 1.29 is 19.1 Å². The number of carbonyl (C=O) groups is 2. The van der Waals surface area contributed by atoms with Crippen molar-refractivity contribution in [2.24, 2.45) is 0 Å². The van der Waals surface area contributed by atoms with Gasteiger partial charge in [-0.15, -0.1) is 0 Å². The van der Waals surface area contributed by atoms with Crippen molar-refractivity contribution in [3.63, 3.8) is 0 Å². The molecule has 0 saturated carbocycles. The molecule has 2 aromatic rings. The standard InChI is InChI=1S/C21H24N2O4S/c1-5-26-20(24)18-17(11-27-16-7-6-13(2)14(3)10-16)23(4)21(25)22-19(18)15-8-9-28-12-15/h6-10,12,19H,5,11H2,1-4H3,(H,22,25)/t19-/m0/s1. The summed E-state index contributed by atoms with van der Waals surface area (Å²) in [6, 6.07) is 6.85. The van der Waals surface area contributed by atoms with Crippen LogP contribution in [0.3, 0.4) is 0 Å². The molecule has 2 amide bonds. The number of benzene rings is 1. The average Bonchev–Trinajstić information content (AvgIpc) is 3.20. The van der Waals surface area contributed by atoms with E-state index >= 15 is 0 Å². The molecule has 1 aliphatic heterocycles.